The number of nitrogens with one attached hydrogen (secondary N) is 1. The lowest BCUT2D eigenvalue weighted by molar-refractivity contribution is 0.304. The van der Waals surface area contributed by atoms with Crippen LogP contribution in [-0.2, 0) is 6.54 Å². The molecule has 1 fully saturated rings. The van der Waals surface area contributed by atoms with Gasteiger partial charge in [-0.1, -0.05) is 13.8 Å². The van der Waals surface area contributed by atoms with Crippen molar-refractivity contribution in [3.63, 3.8) is 0 Å². The van der Waals surface area contributed by atoms with Gasteiger partial charge in [0.25, 0.3) is 5.56 Å². The first-order valence-corrected chi connectivity index (χ1v) is 7.44. The second-order valence-electron chi connectivity index (χ2n) is 6.40. The largest absolute Gasteiger partial charge is 0.352 e. The maximum atomic E-state index is 12.5. The van der Waals surface area contributed by atoms with Crippen molar-refractivity contribution in [1.82, 2.24) is 14.9 Å². The second kappa shape index (κ2) is 5.95. The molecule has 0 unspecified atom stereocenters. The molecule has 0 radical (unpaired) electrons. The lowest BCUT2D eigenvalue weighted by atomic mass is 9.90. The van der Waals surface area contributed by atoms with E-state index in [1.54, 1.807) is 17.0 Å². The zero-order chi connectivity index (χ0) is 14.8. The summed E-state index contributed by atoms with van der Waals surface area (Å²) in [7, 11) is 2.01. The Morgan fingerprint density at radius 2 is 2.05 bits per heavy atom. The fourth-order valence-corrected chi connectivity index (χ4v) is 2.65. The van der Waals surface area contributed by atoms with Crippen molar-refractivity contribution in [3.05, 3.63) is 22.7 Å². The van der Waals surface area contributed by atoms with Crippen molar-refractivity contribution < 1.29 is 0 Å². The highest BCUT2D eigenvalue weighted by molar-refractivity contribution is 5.36. The summed E-state index contributed by atoms with van der Waals surface area (Å²) < 4.78 is 1.78. The van der Waals surface area contributed by atoms with Crippen LogP contribution in [0.15, 0.2) is 17.2 Å². The van der Waals surface area contributed by atoms with Gasteiger partial charge in [0.1, 0.15) is 0 Å². The van der Waals surface area contributed by atoms with Crippen LogP contribution in [0.5, 0.6) is 0 Å². The summed E-state index contributed by atoms with van der Waals surface area (Å²) in [5.74, 6) is 1.06. The fourth-order valence-electron chi connectivity index (χ4n) is 2.65. The van der Waals surface area contributed by atoms with E-state index in [1.165, 1.54) is 0 Å². The van der Waals surface area contributed by atoms with Crippen LogP contribution in [0, 0.1) is 5.92 Å². The first-order valence-electron chi connectivity index (χ1n) is 7.44. The predicted octanol–water partition coefficient (Wildman–Crippen LogP) is 1.48. The number of rotatable bonds is 4. The van der Waals surface area contributed by atoms with Crippen LogP contribution in [-0.4, -0.2) is 35.2 Å². The maximum absolute atomic E-state index is 12.5. The minimum Gasteiger partial charge on any atom is -0.352 e. The van der Waals surface area contributed by atoms with E-state index in [0.717, 1.165) is 32.5 Å². The SMILES string of the molecule is CNC1(C)CCN(c2nccn(CC(C)C)c2=O)CC1. The zero-order valence-electron chi connectivity index (χ0n) is 13.0. The smallest absolute Gasteiger partial charge is 0.293 e. The van der Waals surface area contributed by atoms with Crippen LogP contribution in [0.1, 0.15) is 33.6 Å². The van der Waals surface area contributed by atoms with E-state index in [2.05, 4.69) is 36.0 Å². The molecule has 1 aliphatic heterocycles. The Morgan fingerprint density at radius 3 is 2.60 bits per heavy atom. The Kier molecular flexibility index (Phi) is 4.48. The molecule has 1 aromatic rings. The third kappa shape index (κ3) is 3.20. The van der Waals surface area contributed by atoms with Gasteiger partial charge in [0.2, 0.25) is 0 Å². The van der Waals surface area contributed by atoms with Gasteiger partial charge >= 0.3 is 0 Å². The quantitative estimate of drug-likeness (QED) is 0.906. The van der Waals surface area contributed by atoms with E-state index in [4.69, 9.17) is 0 Å². The normalized spacial score (nSPS) is 18.6. The van der Waals surface area contributed by atoms with Gasteiger partial charge in [-0.15, -0.1) is 0 Å². The summed E-state index contributed by atoms with van der Waals surface area (Å²) in [5, 5.41) is 3.37. The number of nitrogens with zero attached hydrogens (tertiary/aromatic N) is 3. The van der Waals surface area contributed by atoms with Gasteiger partial charge in [0, 0.05) is 37.6 Å². The summed E-state index contributed by atoms with van der Waals surface area (Å²) in [5.41, 5.74) is 0.219. The van der Waals surface area contributed by atoms with E-state index in [9.17, 15) is 4.79 Å². The molecule has 1 saturated heterocycles. The van der Waals surface area contributed by atoms with Crippen LogP contribution in [0.4, 0.5) is 5.82 Å². The van der Waals surface area contributed by atoms with Crippen LogP contribution < -0.4 is 15.8 Å². The predicted molar refractivity (Wildman–Crippen MR) is 82.2 cm³/mol. The summed E-state index contributed by atoms with van der Waals surface area (Å²) in [6.45, 7) is 8.98. The highest BCUT2D eigenvalue weighted by atomic mass is 16.1. The summed E-state index contributed by atoms with van der Waals surface area (Å²) in [4.78, 5) is 18.9. The van der Waals surface area contributed by atoms with Crippen LogP contribution >= 0.6 is 0 Å². The molecule has 0 amide bonds. The van der Waals surface area contributed by atoms with Gasteiger partial charge in [-0.2, -0.15) is 0 Å². The number of hydrogen-bond acceptors (Lipinski definition) is 4. The van der Waals surface area contributed by atoms with E-state index >= 15 is 0 Å². The third-order valence-corrected chi connectivity index (χ3v) is 4.23. The Balaban J connectivity index is 2.16. The molecule has 0 aliphatic carbocycles. The molecule has 2 heterocycles. The summed E-state index contributed by atoms with van der Waals surface area (Å²) in [6, 6.07) is 0. The highest BCUT2D eigenvalue weighted by Crippen LogP contribution is 2.22. The molecule has 20 heavy (non-hydrogen) atoms. The van der Waals surface area contributed by atoms with Crippen molar-refractivity contribution in [2.24, 2.45) is 5.92 Å². The molecule has 112 valence electrons. The monoisotopic (exact) mass is 278 g/mol. The minimum absolute atomic E-state index is 0.0364. The highest BCUT2D eigenvalue weighted by Gasteiger charge is 2.29. The van der Waals surface area contributed by atoms with Gasteiger partial charge in [0.15, 0.2) is 5.82 Å². The van der Waals surface area contributed by atoms with E-state index in [-0.39, 0.29) is 11.1 Å². The number of aromatic nitrogens is 2. The van der Waals surface area contributed by atoms with Crippen molar-refractivity contribution in [3.8, 4) is 0 Å². The van der Waals surface area contributed by atoms with E-state index < -0.39 is 0 Å². The van der Waals surface area contributed by atoms with Crippen molar-refractivity contribution >= 4 is 5.82 Å². The molecule has 5 nitrogen and oxygen atoms in total. The van der Waals surface area contributed by atoms with Gasteiger partial charge in [-0.3, -0.25) is 4.79 Å². The Morgan fingerprint density at radius 1 is 1.40 bits per heavy atom. The van der Waals surface area contributed by atoms with Gasteiger partial charge in [0.05, 0.1) is 0 Å². The molecule has 0 spiro atoms. The van der Waals surface area contributed by atoms with Crippen molar-refractivity contribution in [1.29, 1.82) is 0 Å². The van der Waals surface area contributed by atoms with E-state index in [1.807, 2.05) is 7.05 Å². The average molecular weight is 278 g/mol. The lowest BCUT2D eigenvalue weighted by Crippen LogP contribution is -2.51. The molecule has 2 rings (SSSR count). The Hall–Kier alpha value is -1.36. The molecular weight excluding hydrogens is 252 g/mol. The molecule has 1 aliphatic rings. The zero-order valence-corrected chi connectivity index (χ0v) is 13.0. The average Bonchev–Trinajstić information content (AvgIpc) is 2.42. The van der Waals surface area contributed by atoms with Gasteiger partial charge in [-0.05, 0) is 32.7 Å². The Bertz CT molecular complexity index is 501. The fraction of sp³-hybridized carbons (Fsp3) is 0.733. The lowest BCUT2D eigenvalue weighted by Gasteiger charge is -2.39. The van der Waals surface area contributed by atoms with Crippen LogP contribution in [0.2, 0.25) is 0 Å². The first-order chi connectivity index (χ1) is 9.45. The molecule has 0 saturated carbocycles. The number of piperidine rings is 1. The van der Waals surface area contributed by atoms with Crippen molar-refractivity contribution in [2.45, 2.75) is 45.7 Å². The third-order valence-electron chi connectivity index (χ3n) is 4.23. The molecule has 1 aromatic heterocycles. The second-order valence-corrected chi connectivity index (χ2v) is 6.40. The molecule has 1 N–H and O–H groups in total. The topological polar surface area (TPSA) is 50.2 Å². The number of anilines is 1. The number of hydrogen-bond donors (Lipinski definition) is 1. The van der Waals surface area contributed by atoms with E-state index in [0.29, 0.717) is 11.7 Å². The minimum atomic E-state index is 0.0364. The van der Waals surface area contributed by atoms with Gasteiger partial charge < -0.3 is 14.8 Å². The van der Waals surface area contributed by atoms with Gasteiger partial charge in [-0.25, -0.2) is 4.98 Å². The molecule has 0 bridgehead atoms. The molecule has 0 atom stereocenters. The Labute approximate surface area is 121 Å². The summed E-state index contributed by atoms with van der Waals surface area (Å²) in [6.07, 6.45) is 5.59. The maximum Gasteiger partial charge on any atom is 0.293 e. The molecular formula is C15H26N4O. The molecule has 5 heteroatoms. The van der Waals surface area contributed by atoms with Crippen LogP contribution in [0.25, 0.3) is 0 Å². The van der Waals surface area contributed by atoms with Crippen LogP contribution in [0.3, 0.4) is 0 Å². The summed E-state index contributed by atoms with van der Waals surface area (Å²) >= 11 is 0. The standard InChI is InChI=1S/C15H26N4O/c1-12(2)11-19-10-7-17-13(14(19)20)18-8-5-15(3,16-4)6-9-18/h7,10,12,16H,5-6,8-9,11H2,1-4H3. The van der Waals surface area contributed by atoms with Crippen molar-refractivity contribution in [2.75, 3.05) is 25.0 Å². The molecule has 0 aromatic carbocycles. The first kappa shape index (κ1) is 15.0.